The molecule has 1 N–H and O–H groups in total. The average molecular weight is 394 g/mol. The van der Waals surface area contributed by atoms with E-state index in [1.165, 1.54) is 43.5 Å². The molecule has 3 aromatic rings. The molecular weight excluding hydrogens is 367 g/mol. The van der Waals surface area contributed by atoms with E-state index in [1.807, 2.05) is 18.2 Å². The maximum absolute atomic E-state index is 13.1. The molecule has 0 saturated carbocycles. The number of carbonyl (C=O) groups is 1. The number of nitrogens with one attached hydrogen (secondary N) is 1. The highest BCUT2D eigenvalue weighted by molar-refractivity contribution is 6.04. The van der Waals surface area contributed by atoms with Gasteiger partial charge >= 0.3 is 0 Å². The Morgan fingerprint density at radius 1 is 1.10 bits per heavy atom. The quantitative estimate of drug-likeness (QED) is 0.663. The number of fused-ring (bicyclic) bond motifs is 1. The first-order valence-corrected chi connectivity index (χ1v) is 10.3. The molecule has 2 aromatic carbocycles. The van der Waals surface area contributed by atoms with Crippen LogP contribution < -0.4 is 5.32 Å². The first-order chi connectivity index (χ1) is 14.0. The number of halogens is 1. The Morgan fingerprint density at radius 2 is 1.83 bits per heavy atom. The largest absolute Gasteiger partial charge is 0.324 e. The molecule has 1 amide bonds. The second-order valence-corrected chi connectivity index (χ2v) is 7.99. The fourth-order valence-electron chi connectivity index (χ4n) is 4.04. The summed E-state index contributed by atoms with van der Waals surface area (Å²) >= 11 is 0. The minimum atomic E-state index is -0.358. The Kier molecular flexibility index (Phi) is 5.62. The topological polar surface area (TPSA) is 50.2 Å². The third-order valence-electron chi connectivity index (χ3n) is 5.46. The number of hydrogen-bond acceptors (Lipinski definition) is 3. The van der Waals surface area contributed by atoms with Gasteiger partial charge in [0, 0.05) is 17.3 Å². The van der Waals surface area contributed by atoms with Crippen LogP contribution in [-0.2, 0) is 6.54 Å². The first kappa shape index (κ1) is 19.6. The van der Waals surface area contributed by atoms with E-state index in [-0.39, 0.29) is 11.7 Å². The van der Waals surface area contributed by atoms with Crippen molar-refractivity contribution in [1.82, 2.24) is 14.5 Å². The van der Waals surface area contributed by atoms with E-state index in [0.717, 1.165) is 36.5 Å². The molecule has 1 fully saturated rings. The SMILES string of the molecule is CC(C)n1c(CN2CCCCC2)nc2cc(NC(=O)c3ccc(F)cc3)ccc21. The smallest absolute Gasteiger partial charge is 0.255 e. The van der Waals surface area contributed by atoms with E-state index in [9.17, 15) is 9.18 Å². The highest BCUT2D eigenvalue weighted by Crippen LogP contribution is 2.26. The first-order valence-electron chi connectivity index (χ1n) is 10.3. The lowest BCUT2D eigenvalue weighted by molar-refractivity contribution is 0.102. The van der Waals surface area contributed by atoms with Crippen molar-refractivity contribution in [2.45, 2.75) is 45.7 Å². The molecule has 1 saturated heterocycles. The fraction of sp³-hybridized carbons (Fsp3) is 0.391. The summed E-state index contributed by atoms with van der Waals surface area (Å²) in [5, 5.41) is 2.89. The molecule has 0 atom stereocenters. The minimum Gasteiger partial charge on any atom is -0.324 e. The number of imidazole rings is 1. The molecule has 5 nitrogen and oxygen atoms in total. The van der Waals surface area contributed by atoms with Gasteiger partial charge < -0.3 is 9.88 Å². The molecule has 0 aliphatic carbocycles. The van der Waals surface area contributed by atoms with Gasteiger partial charge in [-0.25, -0.2) is 9.37 Å². The summed E-state index contributed by atoms with van der Waals surface area (Å²) in [7, 11) is 0. The number of benzene rings is 2. The number of nitrogens with zero attached hydrogens (tertiary/aromatic N) is 3. The molecular formula is C23H27FN4O. The number of amides is 1. The van der Waals surface area contributed by atoms with Crippen molar-refractivity contribution in [3.8, 4) is 0 Å². The molecule has 1 aliphatic heterocycles. The van der Waals surface area contributed by atoms with Crippen LogP contribution in [0.15, 0.2) is 42.5 Å². The molecule has 0 bridgehead atoms. The molecule has 0 unspecified atom stereocenters. The number of anilines is 1. The van der Waals surface area contributed by atoms with Crippen molar-refractivity contribution in [1.29, 1.82) is 0 Å². The van der Waals surface area contributed by atoms with Gasteiger partial charge in [-0.15, -0.1) is 0 Å². The number of aromatic nitrogens is 2. The zero-order chi connectivity index (χ0) is 20.4. The van der Waals surface area contributed by atoms with Gasteiger partial charge in [0.25, 0.3) is 5.91 Å². The van der Waals surface area contributed by atoms with Gasteiger partial charge in [-0.3, -0.25) is 9.69 Å². The Balaban J connectivity index is 1.59. The van der Waals surface area contributed by atoms with Gasteiger partial charge in [-0.1, -0.05) is 6.42 Å². The molecule has 4 rings (SSSR count). The molecule has 1 aromatic heterocycles. The van der Waals surface area contributed by atoms with Crippen LogP contribution >= 0.6 is 0 Å². The van der Waals surface area contributed by atoms with Crippen LogP contribution in [0, 0.1) is 5.82 Å². The van der Waals surface area contributed by atoms with Gasteiger partial charge in [-0.2, -0.15) is 0 Å². The second kappa shape index (κ2) is 8.33. The van der Waals surface area contributed by atoms with Gasteiger partial charge in [0.05, 0.1) is 17.6 Å². The van der Waals surface area contributed by atoms with E-state index in [4.69, 9.17) is 4.98 Å². The van der Waals surface area contributed by atoms with Crippen LogP contribution in [0.2, 0.25) is 0 Å². The standard InChI is InChI=1S/C23H27FN4O/c1-16(2)28-21-11-10-19(25-23(29)17-6-8-18(24)9-7-17)14-20(21)26-22(28)15-27-12-4-3-5-13-27/h6-11,14,16H,3-5,12-13,15H2,1-2H3,(H,25,29). The number of rotatable bonds is 5. The Hall–Kier alpha value is -2.73. The molecule has 29 heavy (non-hydrogen) atoms. The van der Waals surface area contributed by atoms with Crippen molar-refractivity contribution in [3.63, 3.8) is 0 Å². The molecule has 0 radical (unpaired) electrons. The highest BCUT2D eigenvalue weighted by atomic mass is 19.1. The zero-order valence-electron chi connectivity index (χ0n) is 17.0. The Morgan fingerprint density at radius 3 is 2.52 bits per heavy atom. The summed E-state index contributed by atoms with van der Waals surface area (Å²) in [6.07, 6.45) is 3.82. The third kappa shape index (κ3) is 4.32. The zero-order valence-corrected chi connectivity index (χ0v) is 17.0. The van der Waals surface area contributed by atoms with Gasteiger partial charge in [0.2, 0.25) is 0 Å². The highest BCUT2D eigenvalue weighted by Gasteiger charge is 2.18. The van der Waals surface area contributed by atoms with E-state index in [0.29, 0.717) is 17.3 Å². The van der Waals surface area contributed by atoms with Crippen molar-refractivity contribution >= 4 is 22.6 Å². The fourth-order valence-corrected chi connectivity index (χ4v) is 4.04. The summed E-state index contributed by atoms with van der Waals surface area (Å²) in [5.41, 5.74) is 3.06. The summed E-state index contributed by atoms with van der Waals surface area (Å²) in [4.78, 5) is 19.8. The van der Waals surface area contributed by atoms with Crippen LogP contribution in [-0.4, -0.2) is 33.4 Å². The Labute approximate surface area is 170 Å². The normalized spacial score (nSPS) is 15.2. The lowest BCUT2D eigenvalue weighted by Crippen LogP contribution is -2.30. The number of hydrogen-bond donors (Lipinski definition) is 1. The maximum Gasteiger partial charge on any atom is 0.255 e. The number of likely N-dealkylation sites (tertiary alicyclic amines) is 1. The second-order valence-electron chi connectivity index (χ2n) is 7.99. The Bertz CT molecular complexity index is 1000. The van der Waals surface area contributed by atoms with Crippen LogP contribution in [0.25, 0.3) is 11.0 Å². The summed E-state index contributed by atoms with van der Waals surface area (Å²) < 4.78 is 15.4. The van der Waals surface area contributed by atoms with Crippen molar-refractivity contribution in [2.24, 2.45) is 0 Å². The molecule has 2 heterocycles. The predicted molar refractivity (Wildman–Crippen MR) is 114 cm³/mol. The summed E-state index contributed by atoms with van der Waals surface area (Å²) in [6, 6.07) is 11.7. The van der Waals surface area contributed by atoms with Gasteiger partial charge in [0.1, 0.15) is 11.6 Å². The van der Waals surface area contributed by atoms with Gasteiger partial charge in [-0.05, 0) is 82.2 Å². The predicted octanol–water partition coefficient (Wildman–Crippen LogP) is 4.99. The molecule has 0 spiro atoms. The van der Waals surface area contributed by atoms with Crippen LogP contribution in [0.3, 0.4) is 0 Å². The average Bonchev–Trinajstić information content (AvgIpc) is 3.06. The lowest BCUT2D eigenvalue weighted by Gasteiger charge is -2.26. The summed E-state index contributed by atoms with van der Waals surface area (Å²) in [6.45, 7) is 7.45. The van der Waals surface area contributed by atoms with E-state index in [2.05, 4.69) is 28.6 Å². The van der Waals surface area contributed by atoms with Crippen LogP contribution in [0.1, 0.15) is 55.3 Å². The third-order valence-corrected chi connectivity index (χ3v) is 5.46. The monoisotopic (exact) mass is 394 g/mol. The van der Waals surface area contributed by atoms with E-state index < -0.39 is 0 Å². The molecule has 152 valence electrons. The van der Waals surface area contributed by atoms with Crippen molar-refractivity contribution < 1.29 is 9.18 Å². The number of carbonyl (C=O) groups excluding carboxylic acids is 1. The van der Waals surface area contributed by atoms with Crippen molar-refractivity contribution in [2.75, 3.05) is 18.4 Å². The van der Waals surface area contributed by atoms with Crippen LogP contribution in [0.5, 0.6) is 0 Å². The lowest BCUT2D eigenvalue weighted by atomic mass is 10.1. The van der Waals surface area contributed by atoms with Crippen LogP contribution in [0.4, 0.5) is 10.1 Å². The minimum absolute atomic E-state index is 0.263. The maximum atomic E-state index is 13.1. The van der Waals surface area contributed by atoms with E-state index >= 15 is 0 Å². The van der Waals surface area contributed by atoms with Crippen molar-refractivity contribution in [3.05, 3.63) is 59.7 Å². The van der Waals surface area contributed by atoms with Gasteiger partial charge in [0.15, 0.2) is 0 Å². The molecule has 1 aliphatic rings. The summed E-state index contributed by atoms with van der Waals surface area (Å²) in [5.74, 6) is 0.448. The van der Waals surface area contributed by atoms with E-state index in [1.54, 1.807) is 0 Å². The molecule has 6 heteroatoms. The number of piperidine rings is 1.